The van der Waals surface area contributed by atoms with Gasteiger partial charge in [0.15, 0.2) is 12.4 Å². The Morgan fingerprint density at radius 1 is 1.05 bits per heavy atom. The first-order valence-corrected chi connectivity index (χ1v) is 6.27. The van der Waals surface area contributed by atoms with Crippen LogP contribution in [-0.2, 0) is 6.18 Å². The van der Waals surface area contributed by atoms with E-state index in [4.69, 9.17) is 4.74 Å². The van der Waals surface area contributed by atoms with Crippen molar-refractivity contribution < 1.29 is 22.7 Å². The van der Waals surface area contributed by atoms with Crippen molar-refractivity contribution in [2.24, 2.45) is 0 Å². The fourth-order valence-electron chi connectivity index (χ4n) is 1.79. The Balaban J connectivity index is 2.03. The van der Waals surface area contributed by atoms with Crippen LogP contribution in [0.1, 0.15) is 21.5 Å². The summed E-state index contributed by atoms with van der Waals surface area (Å²) in [4.78, 5) is 11.9. The van der Waals surface area contributed by atoms with Crippen LogP contribution >= 0.6 is 0 Å². The maximum Gasteiger partial charge on any atom is 0.416 e. The van der Waals surface area contributed by atoms with Crippen molar-refractivity contribution in [2.75, 3.05) is 6.61 Å². The van der Waals surface area contributed by atoms with Gasteiger partial charge < -0.3 is 4.74 Å². The van der Waals surface area contributed by atoms with E-state index in [2.05, 4.69) is 0 Å². The highest BCUT2D eigenvalue weighted by Crippen LogP contribution is 2.29. The van der Waals surface area contributed by atoms with Crippen LogP contribution in [0.3, 0.4) is 0 Å². The van der Waals surface area contributed by atoms with Crippen molar-refractivity contribution in [1.82, 2.24) is 0 Å². The predicted octanol–water partition coefficient (Wildman–Crippen LogP) is 4.28. The normalized spacial score (nSPS) is 11.2. The fourth-order valence-corrected chi connectivity index (χ4v) is 1.79. The summed E-state index contributed by atoms with van der Waals surface area (Å²) in [6.45, 7) is 1.63. The molecule has 5 heteroatoms. The van der Waals surface area contributed by atoms with Gasteiger partial charge in [-0.05, 0) is 30.7 Å². The first-order valence-electron chi connectivity index (χ1n) is 6.27. The van der Waals surface area contributed by atoms with Crippen molar-refractivity contribution in [3.05, 3.63) is 65.2 Å². The maximum absolute atomic E-state index is 12.4. The molecule has 0 N–H and O–H groups in total. The molecule has 2 nitrogen and oxygen atoms in total. The summed E-state index contributed by atoms with van der Waals surface area (Å²) in [5.41, 5.74) is 0.299. The molecule has 0 saturated carbocycles. The van der Waals surface area contributed by atoms with E-state index in [1.807, 2.05) is 19.1 Å². The van der Waals surface area contributed by atoms with Crippen molar-refractivity contribution in [1.29, 1.82) is 0 Å². The Morgan fingerprint density at radius 2 is 1.67 bits per heavy atom. The molecule has 0 aliphatic carbocycles. The molecule has 0 spiro atoms. The number of para-hydroxylation sites is 1. The lowest BCUT2D eigenvalue weighted by Crippen LogP contribution is -2.13. The number of halogens is 3. The third-order valence-corrected chi connectivity index (χ3v) is 2.99. The van der Waals surface area contributed by atoms with E-state index in [9.17, 15) is 18.0 Å². The van der Waals surface area contributed by atoms with Gasteiger partial charge in [0, 0.05) is 5.56 Å². The summed E-state index contributed by atoms with van der Waals surface area (Å²) in [7, 11) is 0. The zero-order valence-electron chi connectivity index (χ0n) is 11.3. The van der Waals surface area contributed by atoms with Gasteiger partial charge in [-0.3, -0.25) is 4.79 Å². The number of carbonyl (C=O) groups is 1. The topological polar surface area (TPSA) is 26.3 Å². The summed E-state index contributed by atoms with van der Waals surface area (Å²) < 4.78 is 42.7. The van der Waals surface area contributed by atoms with Gasteiger partial charge in [-0.25, -0.2) is 0 Å². The largest absolute Gasteiger partial charge is 0.485 e. The average molecular weight is 294 g/mol. The zero-order valence-corrected chi connectivity index (χ0v) is 11.3. The van der Waals surface area contributed by atoms with Gasteiger partial charge in [0.2, 0.25) is 0 Å². The van der Waals surface area contributed by atoms with Crippen LogP contribution in [0.25, 0.3) is 0 Å². The molecule has 0 aromatic heterocycles. The average Bonchev–Trinajstić information content (AvgIpc) is 2.45. The summed E-state index contributed by atoms with van der Waals surface area (Å²) >= 11 is 0. The molecule has 0 aliphatic rings. The van der Waals surface area contributed by atoms with Gasteiger partial charge in [0.25, 0.3) is 0 Å². The standard InChI is InChI=1S/C16H13F3O2/c1-11-4-2-3-5-15(11)21-10-14(20)12-6-8-13(9-7-12)16(17,18)19/h2-9H,10H2,1H3. The molecule has 0 bridgehead atoms. The number of aryl methyl sites for hydroxylation is 1. The second-order valence-electron chi connectivity index (χ2n) is 4.55. The van der Waals surface area contributed by atoms with Crippen molar-refractivity contribution in [3.8, 4) is 5.75 Å². The van der Waals surface area contributed by atoms with Crippen molar-refractivity contribution in [3.63, 3.8) is 0 Å². The lowest BCUT2D eigenvalue weighted by atomic mass is 10.1. The number of hydrogen-bond acceptors (Lipinski definition) is 2. The van der Waals surface area contributed by atoms with Crippen molar-refractivity contribution in [2.45, 2.75) is 13.1 Å². The van der Waals surface area contributed by atoms with Crippen LogP contribution in [0.2, 0.25) is 0 Å². The van der Waals surface area contributed by atoms with Crippen LogP contribution in [0, 0.1) is 6.92 Å². The lowest BCUT2D eigenvalue weighted by molar-refractivity contribution is -0.137. The SMILES string of the molecule is Cc1ccccc1OCC(=O)c1ccc(C(F)(F)F)cc1. The molecule has 0 saturated heterocycles. The zero-order chi connectivity index (χ0) is 15.5. The number of ketones is 1. The maximum atomic E-state index is 12.4. The highest BCUT2D eigenvalue weighted by Gasteiger charge is 2.30. The molecule has 21 heavy (non-hydrogen) atoms. The minimum atomic E-state index is -4.40. The number of ether oxygens (including phenoxy) is 1. The molecular weight excluding hydrogens is 281 g/mol. The summed E-state index contributed by atoms with van der Waals surface area (Å²) in [5.74, 6) is 0.213. The van der Waals surface area contributed by atoms with E-state index in [1.165, 1.54) is 0 Å². The second-order valence-corrected chi connectivity index (χ2v) is 4.55. The highest BCUT2D eigenvalue weighted by atomic mass is 19.4. The molecule has 2 aromatic rings. The Hall–Kier alpha value is -2.30. The molecule has 0 heterocycles. The van der Waals surface area contributed by atoms with E-state index < -0.39 is 11.7 Å². The summed E-state index contributed by atoms with van der Waals surface area (Å²) in [6.07, 6.45) is -4.40. The number of benzene rings is 2. The smallest absolute Gasteiger partial charge is 0.416 e. The third-order valence-electron chi connectivity index (χ3n) is 2.99. The number of rotatable bonds is 4. The highest BCUT2D eigenvalue weighted by molar-refractivity contribution is 5.97. The first-order chi connectivity index (χ1) is 9.88. The minimum Gasteiger partial charge on any atom is -0.485 e. The van der Waals surface area contributed by atoms with Gasteiger partial charge in [-0.1, -0.05) is 30.3 Å². The van der Waals surface area contributed by atoms with E-state index in [-0.39, 0.29) is 18.0 Å². The molecular formula is C16H13F3O2. The van der Waals surface area contributed by atoms with Crippen LogP contribution in [0.4, 0.5) is 13.2 Å². The summed E-state index contributed by atoms with van der Waals surface area (Å²) in [6, 6.07) is 11.3. The number of alkyl halides is 3. The van der Waals surface area contributed by atoms with Gasteiger partial charge in [0.1, 0.15) is 5.75 Å². The van der Waals surface area contributed by atoms with Crippen molar-refractivity contribution >= 4 is 5.78 Å². The van der Waals surface area contributed by atoms with Gasteiger partial charge in [-0.15, -0.1) is 0 Å². The van der Waals surface area contributed by atoms with E-state index in [1.54, 1.807) is 12.1 Å². The van der Waals surface area contributed by atoms with Gasteiger partial charge >= 0.3 is 6.18 Å². The van der Waals surface area contributed by atoms with Crippen LogP contribution in [-0.4, -0.2) is 12.4 Å². The molecule has 2 aromatic carbocycles. The molecule has 0 atom stereocenters. The molecule has 0 amide bonds. The van der Waals surface area contributed by atoms with Crippen LogP contribution < -0.4 is 4.74 Å². The molecule has 2 rings (SSSR count). The Labute approximate surface area is 120 Å². The quantitative estimate of drug-likeness (QED) is 0.787. The molecule has 110 valence electrons. The Kier molecular flexibility index (Phi) is 4.31. The fraction of sp³-hybridized carbons (Fsp3) is 0.188. The van der Waals surface area contributed by atoms with Gasteiger partial charge in [0.05, 0.1) is 5.56 Å². The monoisotopic (exact) mass is 294 g/mol. The van der Waals surface area contributed by atoms with Crippen LogP contribution in [0.15, 0.2) is 48.5 Å². The van der Waals surface area contributed by atoms with Crippen LogP contribution in [0.5, 0.6) is 5.75 Å². The minimum absolute atomic E-state index is 0.191. The predicted molar refractivity (Wildman–Crippen MR) is 72.4 cm³/mol. The number of hydrogen-bond donors (Lipinski definition) is 0. The van der Waals surface area contributed by atoms with Gasteiger partial charge in [-0.2, -0.15) is 13.2 Å². The first kappa shape index (κ1) is 15.1. The number of carbonyl (C=O) groups excluding carboxylic acids is 1. The molecule has 0 radical (unpaired) electrons. The molecule has 0 fully saturated rings. The Bertz CT molecular complexity index is 631. The second kappa shape index (κ2) is 5.99. The number of Topliss-reactive ketones (excluding diaryl/α,β-unsaturated/α-hetero) is 1. The molecule has 0 unspecified atom stereocenters. The van der Waals surface area contributed by atoms with E-state index in [0.717, 1.165) is 29.8 Å². The summed E-state index contributed by atoms with van der Waals surface area (Å²) in [5, 5.41) is 0. The Morgan fingerprint density at radius 3 is 2.24 bits per heavy atom. The van der Waals surface area contributed by atoms with E-state index >= 15 is 0 Å². The molecule has 0 aliphatic heterocycles. The lowest BCUT2D eigenvalue weighted by Gasteiger charge is -2.09. The van der Waals surface area contributed by atoms with E-state index in [0.29, 0.717) is 5.75 Å². The third kappa shape index (κ3) is 3.84.